The van der Waals surface area contributed by atoms with Crippen LogP contribution in [0.25, 0.3) is 0 Å². The molecule has 6 heteroatoms. The van der Waals surface area contributed by atoms with Crippen LogP contribution < -0.4 is 5.32 Å². The number of aromatic nitrogens is 1. The van der Waals surface area contributed by atoms with Crippen molar-refractivity contribution in [2.45, 2.75) is 58.3 Å². The Hall–Kier alpha value is -1.56. The molecule has 0 bridgehead atoms. The molecule has 1 aliphatic carbocycles. The van der Waals surface area contributed by atoms with E-state index in [0.29, 0.717) is 18.5 Å². The Morgan fingerprint density at radius 3 is 2.95 bits per heavy atom. The van der Waals surface area contributed by atoms with Crippen LogP contribution in [-0.2, 0) is 24.2 Å². The molecule has 0 spiro atoms. The molecule has 1 unspecified atom stereocenters. The Balaban J connectivity index is 1.96. The highest BCUT2D eigenvalue weighted by molar-refractivity contribution is 5.68. The molecule has 1 aromatic rings. The molecule has 0 aromatic carbocycles. The standard InChI is InChI=1S/C13H20N2O4/c1-13(2,3)18-12(17)14-8-4-5-11-9(6-8)10(7-16)15-19-11/h8,16H,4-7H2,1-3H3,(H,14,17). The van der Waals surface area contributed by atoms with Crippen LogP contribution in [0.4, 0.5) is 4.79 Å². The maximum Gasteiger partial charge on any atom is 0.407 e. The molecule has 0 aliphatic heterocycles. The van der Waals surface area contributed by atoms with E-state index in [1.807, 2.05) is 20.8 Å². The topological polar surface area (TPSA) is 84.6 Å². The quantitative estimate of drug-likeness (QED) is 0.850. The fourth-order valence-electron chi connectivity index (χ4n) is 2.19. The Morgan fingerprint density at radius 1 is 1.58 bits per heavy atom. The Morgan fingerprint density at radius 2 is 2.32 bits per heavy atom. The van der Waals surface area contributed by atoms with Gasteiger partial charge < -0.3 is 19.7 Å². The van der Waals surface area contributed by atoms with Crippen molar-refractivity contribution < 1.29 is 19.2 Å². The largest absolute Gasteiger partial charge is 0.444 e. The van der Waals surface area contributed by atoms with Crippen molar-refractivity contribution in [1.82, 2.24) is 10.5 Å². The smallest absolute Gasteiger partial charge is 0.407 e. The summed E-state index contributed by atoms with van der Waals surface area (Å²) in [5.74, 6) is 0.811. The summed E-state index contributed by atoms with van der Waals surface area (Å²) < 4.78 is 10.4. The molecule has 1 atom stereocenters. The summed E-state index contributed by atoms with van der Waals surface area (Å²) in [6.45, 7) is 5.35. The lowest BCUT2D eigenvalue weighted by Gasteiger charge is -2.25. The van der Waals surface area contributed by atoms with Crippen molar-refractivity contribution in [1.29, 1.82) is 0 Å². The van der Waals surface area contributed by atoms with Gasteiger partial charge in [0.1, 0.15) is 17.1 Å². The molecule has 1 amide bonds. The van der Waals surface area contributed by atoms with Gasteiger partial charge in [-0.2, -0.15) is 0 Å². The van der Waals surface area contributed by atoms with Gasteiger partial charge in [0.15, 0.2) is 0 Å². The van der Waals surface area contributed by atoms with E-state index < -0.39 is 11.7 Å². The summed E-state index contributed by atoms with van der Waals surface area (Å²) in [6.07, 6.45) is 1.70. The third-order valence-corrected chi connectivity index (χ3v) is 2.99. The van der Waals surface area contributed by atoms with Gasteiger partial charge in [-0.1, -0.05) is 5.16 Å². The monoisotopic (exact) mass is 268 g/mol. The lowest BCUT2D eigenvalue weighted by Crippen LogP contribution is -2.41. The average Bonchev–Trinajstić information content (AvgIpc) is 2.68. The van der Waals surface area contributed by atoms with Gasteiger partial charge in [-0.15, -0.1) is 0 Å². The fraction of sp³-hybridized carbons (Fsp3) is 0.692. The zero-order valence-corrected chi connectivity index (χ0v) is 11.5. The first-order valence-electron chi connectivity index (χ1n) is 6.45. The lowest BCUT2D eigenvalue weighted by molar-refractivity contribution is 0.0499. The molecule has 0 fully saturated rings. The minimum Gasteiger partial charge on any atom is -0.444 e. The number of fused-ring (bicyclic) bond motifs is 1. The highest BCUT2D eigenvalue weighted by Gasteiger charge is 2.27. The van der Waals surface area contributed by atoms with E-state index in [1.54, 1.807) is 0 Å². The van der Waals surface area contributed by atoms with E-state index in [4.69, 9.17) is 14.4 Å². The van der Waals surface area contributed by atoms with Crippen LogP contribution in [-0.4, -0.2) is 28.0 Å². The Kier molecular flexibility index (Phi) is 3.80. The fourth-order valence-corrected chi connectivity index (χ4v) is 2.19. The summed E-state index contributed by atoms with van der Waals surface area (Å²) in [5, 5.41) is 15.8. The van der Waals surface area contributed by atoms with Crippen LogP contribution in [0.1, 0.15) is 44.2 Å². The number of rotatable bonds is 2. The molecule has 0 radical (unpaired) electrons. The van der Waals surface area contributed by atoms with E-state index in [2.05, 4.69) is 10.5 Å². The first-order valence-corrected chi connectivity index (χ1v) is 6.45. The zero-order chi connectivity index (χ0) is 14.0. The van der Waals surface area contributed by atoms with Crippen LogP contribution in [0, 0.1) is 0 Å². The van der Waals surface area contributed by atoms with Gasteiger partial charge in [0.25, 0.3) is 0 Å². The summed E-state index contributed by atoms with van der Waals surface area (Å²) in [7, 11) is 0. The molecular formula is C13H20N2O4. The van der Waals surface area contributed by atoms with Crippen molar-refractivity contribution in [3.63, 3.8) is 0 Å². The Labute approximate surface area is 112 Å². The number of amides is 1. The van der Waals surface area contributed by atoms with Gasteiger partial charge in [-0.3, -0.25) is 0 Å². The number of aryl methyl sites for hydroxylation is 1. The van der Waals surface area contributed by atoms with Gasteiger partial charge in [0.05, 0.1) is 6.61 Å². The molecule has 2 rings (SSSR count). The van der Waals surface area contributed by atoms with Crippen LogP contribution in [0.5, 0.6) is 0 Å². The third-order valence-electron chi connectivity index (χ3n) is 2.99. The van der Waals surface area contributed by atoms with E-state index in [9.17, 15) is 4.79 Å². The zero-order valence-electron chi connectivity index (χ0n) is 11.5. The molecule has 1 aliphatic rings. The first kappa shape index (κ1) is 13.9. The van der Waals surface area contributed by atoms with Crippen molar-refractivity contribution >= 4 is 6.09 Å². The molecule has 0 saturated carbocycles. The van der Waals surface area contributed by atoms with Gasteiger partial charge in [0, 0.05) is 18.0 Å². The van der Waals surface area contributed by atoms with Gasteiger partial charge in [-0.25, -0.2) is 4.79 Å². The minimum absolute atomic E-state index is 0.00736. The second kappa shape index (κ2) is 5.21. The maximum atomic E-state index is 11.7. The molecule has 1 aromatic heterocycles. The molecule has 0 saturated heterocycles. The van der Waals surface area contributed by atoms with Gasteiger partial charge in [0.2, 0.25) is 0 Å². The van der Waals surface area contributed by atoms with Crippen LogP contribution >= 0.6 is 0 Å². The number of aliphatic hydroxyl groups excluding tert-OH is 1. The van der Waals surface area contributed by atoms with Crippen molar-refractivity contribution in [2.24, 2.45) is 0 Å². The van der Waals surface area contributed by atoms with Crippen LogP contribution in [0.2, 0.25) is 0 Å². The predicted octanol–water partition coefficient (Wildman–Crippen LogP) is 1.55. The second-order valence-electron chi connectivity index (χ2n) is 5.78. The van der Waals surface area contributed by atoms with Crippen LogP contribution in [0.3, 0.4) is 0 Å². The van der Waals surface area contributed by atoms with Crippen LogP contribution in [0.15, 0.2) is 4.52 Å². The number of carbonyl (C=O) groups is 1. The number of hydrogen-bond donors (Lipinski definition) is 2. The van der Waals surface area contributed by atoms with Crippen molar-refractivity contribution in [2.75, 3.05) is 0 Å². The van der Waals surface area contributed by atoms with Gasteiger partial charge >= 0.3 is 6.09 Å². The maximum absolute atomic E-state index is 11.7. The minimum atomic E-state index is -0.503. The second-order valence-corrected chi connectivity index (χ2v) is 5.78. The predicted molar refractivity (Wildman–Crippen MR) is 67.6 cm³/mol. The average molecular weight is 268 g/mol. The summed E-state index contributed by atoms with van der Waals surface area (Å²) >= 11 is 0. The molecule has 6 nitrogen and oxygen atoms in total. The number of nitrogens with one attached hydrogen (secondary N) is 1. The highest BCUT2D eigenvalue weighted by atomic mass is 16.6. The number of carbonyl (C=O) groups excluding carboxylic acids is 1. The molecule has 106 valence electrons. The summed E-state index contributed by atoms with van der Waals surface area (Å²) in [6, 6.07) is -0.00736. The third kappa shape index (κ3) is 3.47. The molecular weight excluding hydrogens is 248 g/mol. The summed E-state index contributed by atoms with van der Waals surface area (Å²) in [5.41, 5.74) is 0.970. The summed E-state index contributed by atoms with van der Waals surface area (Å²) in [4.78, 5) is 11.7. The molecule has 2 N–H and O–H groups in total. The number of hydrogen-bond acceptors (Lipinski definition) is 5. The van der Waals surface area contributed by atoms with E-state index in [0.717, 1.165) is 17.7 Å². The lowest BCUT2D eigenvalue weighted by atomic mass is 9.92. The van der Waals surface area contributed by atoms with E-state index in [1.165, 1.54) is 0 Å². The normalized spacial score (nSPS) is 18.8. The molecule has 19 heavy (non-hydrogen) atoms. The van der Waals surface area contributed by atoms with Crippen molar-refractivity contribution in [3.8, 4) is 0 Å². The highest BCUT2D eigenvalue weighted by Crippen LogP contribution is 2.24. The van der Waals surface area contributed by atoms with E-state index >= 15 is 0 Å². The van der Waals surface area contributed by atoms with Gasteiger partial charge in [-0.05, 0) is 33.6 Å². The number of ether oxygens (including phenoxy) is 1. The molecule has 1 heterocycles. The number of nitrogens with zero attached hydrogens (tertiary/aromatic N) is 1. The number of aliphatic hydroxyl groups is 1. The Bertz CT molecular complexity index is 448. The van der Waals surface area contributed by atoms with E-state index in [-0.39, 0.29) is 12.6 Å². The van der Waals surface area contributed by atoms with Crippen molar-refractivity contribution in [3.05, 3.63) is 17.0 Å². The SMILES string of the molecule is CC(C)(C)OC(=O)NC1CCc2onc(CO)c2C1. The number of alkyl carbamates (subject to hydrolysis) is 1. The first-order chi connectivity index (χ1) is 8.89.